The van der Waals surface area contributed by atoms with Crippen molar-refractivity contribution in [3.05, 3.63) is 0 Å². The van der Waals surface area contributed by atoms with Gasteiger partial charge in [0, 0.05) is 25.7 Å². The van der Waals surface area contributed by atoms with E-state index in [0.29, 0.717) is 25.7 Å². The van der Waals surface area contributed by atoms with Crippen LogP contribution in [0.25, 0.3) is 0 Å². The zero-order chi connectivity index (χ0) is 67.3. The highest BCUT2D eigenvalue weighted by atomic mass is 31.2. The number of esters is 4. The first kappa shape index (κ1) is 89.1. The monoisotopic (exact) mass is 1340 g/mol. The number of aliphatic hydroxyl groups is 1. The van der Waals surface area contributed by atoms with Crippen LogP contribution in [0, 0.1) is 17.8 Å². The van der Waals surface area contributed by atoms with Crippen molar-refractivity contribution in [2.24, 2.45) is 17.8 Å². The largest absolute Gasteiger partial charge is 0.472 e. The van der Waals surface area contributed by atoms with Gasteiger partial charge in [-0.25, -0.2) is 9.13 Å². The summed E-state index contributed by atoms with van der Waals surface area (Å²) in [5, 5.41) is 10.6. The van der Waals surface area contributed by atoms with E-state index >= 15 is 0 Å². The minimum Gasteiger partial charge on any atom is -0.462 e. The second kappa shape index (κ2) is 62.8. The molecule has 0 saturated carbocycles. The molecular formula is C72H140O17P2. The van der Waals surface area contributed by atoms with Gasteiger partial charge in [0.2, 0.25) is 0 Å². The van der Waals surface area contributed by atoms with Gasteiger partial charge in [-0.2, -0.15) is 0 Å². The molecule has 19 heteroatoms. The first-order chi connectivity index (χ1) is 43.8. The number of unbranched alkanes of at least 4 members (excludes halogenated alkanes) is 37. The van der Waals surface area contributed by atoms with Crippen LogP contribution in [0.2, 0.25) is 0 Å². The van der Waals surface area contributed by atoms with Gasteiger partial charge in [0.25, 0.3) is 0 Å². The third kappa shape index (κ3) is 65.1. The number of carbonyl (C=O) groups excluding carboxylic acids is 4. The molecule has 0 saturated heterocycles. The van der Waals surface area contributed by atoms with Crippen LogP contribution in [0.5, 0.6) is 0 Å². The second-order valence-electron chi connectivity index (χ2n) is 27.2. The second-order valence-corrected chi connectivity index (χ2v) is 30.1. The van der Waals surface area contributed by atoms with E-state index in [4.69, 9.17) is 37.0 Å². The van der Waals surface area contributed by atoms with Crippen molar-refractivity contribution in [2.45, 2.75) is 381 Å². The quantitative estimate of drug-likeness (QED) is 0.0222. The predicted molar refractivity (Wildman–Crippen MR) is 368 cm³/mol. The van der Waals surface area contributed by atoms with Gasteiger partial charge < -0.3 is 33.8 Å². The molecule has 0 amide bonds. The summed E-state index contributed by atoms with van der Waals surface area (Å²) in [4.78, 5) is 72.5. The Hall–Kier alpha value is -1.94. The first-order valence-corrected chi connectivity index (χ1v) is 40.4. The van der Waals surface area contributed by atoms with Gasteiger partial charge in [0.1, 0.15) is 19.3 Å². The van der Waals surface area contributed by atoms with E-state index in [0.717, 1.165) is 120 Å². The van der Waals surface area contributed by atoms with Crippen molar-refractivity contribution in [1.29, 1.82) is 0 Å². The van der Waals surface area contributed by atoms with Crippen molar-refractivity contribution in [1.82, 2.24) is 0 Å². The molecule has 0 aliphatic heterocycles. The molecule has 540 valence electrons. The zero-order valence-electron chi connectivity index (χ0n) is 59.3. The highest BCUT2D eigenvalue weighted by molar-refractivity contribution is 7.47. The molecule has 0 bridgehead atoms. The molecule has 0 heterocycles. The number of hydrogen-bond acceptors (Lipinski definition) is 15. The summed E-state index contributed by atoms with van der Waals surface area (Å²) in [6.45, 7) is 11.8. The van der Waals surface area contributed by atoms with E-state index in [9.17, 15) is 43.2 Å². The summed E-state index contributed by atoms with van der Waals surface area (Å²) in [6.07, 6.45) is 47.3. The van der Waals surface area contributed by atoms with E-state index in [1.165, 1.54) is 161 Å². The molecule has 0 aliphatic carbocycles. The summed E-state index contributed by atoms with van der Waals surface area (Å²) < 4.78 is 68.2. The lowest BCUT2D eigenvalue weighted by atomic mass is 9.99. The molecule has 17 nitrogen and oxygen atoms in total. The third-order valence-corrected chi connectivity index (χ3v) is 18.9. The van der Waals surface area contributed by atoms with Crippen LogP contribution in [0.1, 0.15) is 363 Å². The molecule has 3 unspecified atom stereocenters. The number of phosphoric ester groups is 2. The molecule has 3 N–H and O–H groups in total. The number of aliphatic hydroxyl groups excluding tert-OH is 1. The molecule has 0 spiro atoms. The van der Waals surface area contributed by atoms with Gasteiger partial charge in [0.05, 0.1) is 26.4 Å². The Balaban J connectivity index is 5.20. The van der Waals surface area contributed by atoms with Crippen LogP contribution in [0.3, 0.4) is 0 Å². The summed E-state index contributed by atoms with van der Waals surface area (Å²) in [6, 6.07) is 0. The molecule has 0 aromatic heterocycles. The van der Waals surface area contributed by atoms with Gasteiger partial charge in [0.15, 0.2) is 12.2 Å². The lowest BCUT2D eigenvalue weighted by molar-refractivity contribution is -0.161. The van der Waals surface area contributed by atoms with E-state index in [1.54, 1.807) is 0 Å². The van der Waals surface area contributed by atoms with Crippen LogP contribution >= 0.6 is 15.6 Å². The van der Waals surface area contributed by atoms with Crippen LogP contribution in [0.15, 0.2) is 0 Å². The Kier molecular flexibility index (Phi) is 61.5. The number of ether oxygens (including phenoxy) is 4. The standard InChI is InChI=1S/C72H140O17P2/c1-8-10-11-12-29-39-46-53-69(74)82-59-67(89-72(77)56-49-42-35-28-27-31-37-44-51-64(5)6)61-86-90(78,79)84-57-66(73)58-85-91(80,81)87-62-68(60-83-70(75)54-47-40-33-25-21-18-17-19-23-30-36-43-50-63(3)4)88-71(76)55-48-41-34-26-22-16-14-13-15-20-24-32-38-45-52-65(7)9-2/h63-68,73H,8-62H2,1-7H3,(H,78,79)(H,80,81)/t65?,66-,67+,68+/m0/s1. The van der Waals surface area contributed by atoms with Crippen molar-refractivity contribution in [3.63, 3.8) is 0 Å². The molecule has 0 rings (SSSR count). The van der Waals surface area contributed by atoms with Gasteiger partial charge in [-0.1, -0.05) is 312 Å². The van der Waals surface area contributed by atoms with Crippen LogP contribution < -0.4 is 0 Å². The van der Waals surface area contributed by atoms with E-state index in [2.05, 4.69) is 48.5 Å². The van der Waals surface area contributed by atoms with Gasteiger partial charge >= 0.3 is 39.5 Å². The van der Waals surface area contributed by atoms with Crippen molar-refractivity contribution in [2.75, 3.05) is 39.6 Å². The molecule has 0 aromatic rings. The normalized spacial score (nSPS) is 14.5. The minimum atomic E-state index is -4.95. The van der Waals surface area contributed by atoms with Crippen molar-refractivity contribution >= 4 is 39.5 Å². The summed E-state index contributed by atoms with van der Waals surface area (Å²) in [5.74, 6) is 0.217. The Morgan fingerprint density at radius 2 is 0.560 bits per heavy atom. The number of phosphoric acid groups is 2. The fraction of sp³-hybridized carbons (Fsp3) is 0.944. The highest BCUT2D eigenvalue weighted by Gasteiger charge is 2.30. The van der Waals surface area contributed by atoms with Gasteiger partial charge in [-0.15, -0.1) is 0 Å². The fourth-order valence-corrected chi connectivity index (χ4v) is 12.4. The number of hydrogen-bond donors (Lipinski definition) is 3. The molecule has 6 atom stereocenters. The lowest BCUT2D eigenvalue weighted by Gasteiger charge is -2.21. The van der Waals surface area contributed by atoms with Crippen molar-refractivity contribution in [3.8, 4) is 0 Å². The zero-order valence-corrected chi connectivity index (χ0v) is 61.1. The van der Waals surface area contributed by atoms with E-state index in [-0.39, 0.29) is 25.7 Å². The van der Waals surface area contributed by atoms with Crippen LogP contribution in [-0.2, 0) is 65.4 Å². The average molecular weight is 1340 g/mol. The van der Waals surface area contributed by atoms with Gasteiger partial charge in [-0.05, 0) is 43.4 Å². The Labute approximate surface area is 556 Å². The maximum atomic E-state index is 13.0. The Morgan fingerprint density at radius 1 is 0.319 bits per heavy atom. The minimum absolute atomic E-state index is 0.104. The SMILES string of the molecule is CCCCCCCCCC(=O)OC[C@H](COP(=O)(O)OC[C@H](O)COP(=O)(O)OC[C@@H](COC(=O)CCCCCCCCCCCCCCC(C)C)OC(=O)CCCCCCCCCCCCCCCCC(C)CC)OC(=O)CCCCCCCCCCC(C)C. The molecule has 0 aromatic carbocycles. The molecule has 0 aliphatic rings. The Morgan fingerprint density at radius 3 is 0.835 bits per heavy atom. The van der Waals surface area contributed by atoms with Gasteiger partial charge in [-0.3, -0.25) is 37.3 Å². The Bertz CT molecular complexity index is 1790. The van der Waals surface area contributed by atoms with Crippen molar-refractivity contribution < 1.29 is 80.2 Å². The third-order valence-electron chi connectivity index (χ3n) is 17.0. The average Bonchev–Trinajstić information content (AvgIpc) is 3.44. The molecule has 91 heavy (non-hydrogen) atoms. The van der Waals surface area contributed by atoms with E-state index in [1.807, 2.05) is 0 Å². The highest BCUT2D eigenvalue weighted by Crippen LogP contribution is 2.45. The maximum absolute atomic E-state index is 13.0. The first-order valence-electron chi connectivity index (χ1n) is 37.4. The molecule has 0 radical (unpaired) electrons. The van der Waals surface area contributed by atoms with Crippen LogP contribution in [-0.4, -0.2) is 96.7 Å². The van der Waals surface area contributed by atoms with E-state index < -0.39 is 97.5 Å². The summed E-state index contributed by atoms with van der Waals surface area (Å²) in [7, 11) is -9.90. The van der Waals surface area contributed by atoms with Crippen LogP contribution in [0.4, 0.5) is 0 Å². The smallest absolute Gasteiger partial charge is 0.462 e. The lowest BCUT2D eigenvalue weighted by Crippen LogP contribution is -2.30. The topological polar surface area (TPSA) is 237 Å². The fourth-order valence-electron chi connectivity index (χ4n) is 10.9. The molecule has 0 fully saturated rings. The number of carbonyl (C=O) groups is 4. The summed E-state index contributed by atoms with van der Waals surface area (Å²) in [5.41, 5.74) is 0. The maximum Gasteiger partial charge on any atom is 0.472 e. The predicted octanol–water partition coefficient (Wildman–Crippen LogP) is 20.6. The summed E-state index contributed by atoms with van der Waals surface area (Å²) >= 11 is 0. The molecular weight excluding hydrogens is 1200 g/mol. The number of rotatable bonds is 70.